The molecular formula is C4H8BF4U-. The Morgan fingerprint density at radius 3 is 0.800 bits per heavy atom. The average molecular weight is 381 g/mol. The molecule has 0 spiro atoms. The summed E-state index contributed by atoms with van der Waals surface area (Å²) >= 11 is -2.34. The third kappa shape index (κ3) is 4430. The van der Waals surface area contributed by atoms with Crippen molar-refractivity contribution >= 4 is 21.4 Å². The van der Waals surface area contributed by atoms with Gasteiger partial charge in [0.25, 0.3) is 0 Å². The molecule has 0 saturated heterocycles. The van der Waals surface area contributed by atoms with E-state index in [0.717, 1.165) is 0 Å². The van der Waals surface area contributed by atoms with E-state index in [0.29, 0.717) is 0 Å². The monoisotopic (exact) mass is 381 g/mol. The van der Waals surface area contributed by atoms with Gasteiger partial charge in [-0.05, 0) is 0 Å². The summed E-state index contributed by atoms with van der Waals surface area (Å²) in [6, 6.07) is 0. The fourth-order valence-corrected chi connectivity index (χ4v) is 0. The maximum absolute atomic E-state index is 9.75. The van der Waals surface area contributed by atoms with Crippen LogP contribution in [0.25, 0.3) is 0 Å². The van der Waals surface area contributed by atoms with Crippen LogP contribution in [0.4, 0.5) is 17.3 Å². The fourth-order valence-electron chi connectivity index (χ4n) is 0. The standard InChI is InChI=1S/4CH2.BF4.U/c;;;;2-1(3,4)5;/h4*1H2;;/q;;;;-1;. The van der Waals surface area contributed by atoms with E-state index in [1.807, 2.05) is 0 Å². The Kier molecular flexibility index (Phi) is 5.50. The molecule has 0 rings (SSSR count). The van der Waals surface area contributed by atoms with Gasteiger partial charge >= 0.3 is 43.7 Å². The Bertz CT molecular complexity index is 230. The minimum atomic E-state index is -6.00. The molecule has 10 heavy (non-hydrogen) atoms. The van der Waals surface area contributed by atoms with Crippen LogP contribution in [0.1, 0.15) is 0 Å². The summed E-state index contributed by atoms with van der Waals surface area (Å²) in [6.45, 7) is 0. The summed E-state index contributed by atoms with van der Waals surface area (Å²) in [5, 5.41) is 0. The zero-order chi connectivity index (χ0) is 9.00. The molecule has 0 aliphatic rings. The van der Waals surface area contributed by atoms with Gasteiger partial charge in [-0.1, -0.05) is 0 Å². The van der Waals surface area contributed by atoms with Crippen LogP contribution >= 0.6 is 0 Å². The topological polar surface area (TPSA) is 0 Å². The molecule has 0 atom stereocenters. The van der Waals surface area contributed by atoms with E-state index in [1.165, 1.54) is 0 Å². The first-order chi connectivity index (χ1) is 4.00. The molecule has 0 aliphatic heterocycles. The van der Waals surface area contributed by atoms with Crippen molar-refractivity contribution in [2.75, 3.05) is 0 Å². The van der Waals surface area contributed by atoms with E-state index >= 15 is 0 Å². The molecule has 0 bridgehead atoms. The zero-order valence-electron chi connectivity index (χ0n) is 5.42. The molecule has 6 heteroatoms. The Morgan fingerprint density at radius 2 is 0.800 bits per heavy atom. The molecule has 0 N–H and O–H groups in total. The number of hydrogen-bond acceptors (Lipinski definition) is 0. The second-order valence-corrected chi connectivity index (χ2v) is 14.5. The molecule has 0 radical (unpaired) electrons. The van der Waals surface area contributed by atoms with Crippen LogP contribution in [-0.4, -0.2) is 21.4 Å². The quantitative estimate of drug-likeness (QED) is 0.437. The third-order valence-electron chi connectivity index (χ3n) is 0. The van der Waals surface area contributed by atoms with Crippen molar-refractivity contribution in [2.24, 2.45) is 0 Å². The first kappa shape index (κ1) is 12.9. The van der Waals surface area contributed by atoms with Crippen LogP contribution in [0.15, 0.2) is 0 Å². The molecule has 0 aliphatic carbocycles. The molecule has 0 saturated carbocycles. The summed E-state index contributed by atoms with van der Waals surface area (Å²) < 4.78 is 53.7. The van der Waals surface area contributed by atoms with E-state index in [-0.39, 0.29) is 0 Å². The molecule has 60 valence electrons. The molecule has 0 fully saturated rings. The van der Waals surface area contributed by atoms with Crippen LogP contribution in [0.3, 0.4) is 0 Å². The van der Waals surface area contributed by atoms with Crippen molar-refractivity contribution in [3.63, 3.8) is 0 Å². The van der Waals surface area contributed by atoms with Gasteiger partial charge in [0.2, 0.25) is 0 Å². The molecule has 0 aromatic rings. The van der Waals surface area contributed by atoms with Crippen molar-refractivity contribution in [3.8, 4) is 0 Å². The third-order valence-corrected chi connectivity index (χ3v) is 0. The van der Waals surface area contributed by atoms with E-state index in [2.05, 4.69) is 14.1 Å². The van der Waals surface area contributed by atoms with E-state index < -0.39 is 29.6 Å². The van der Waals surface area contributed by atoms with Gasteiger partial charge in [0.05, 0.1) is 0 Å². The van der Waals surface area contributed by atoms with Gasteiger partial charge in [0.15, 0.2) is 0 Å². The SMILES string of the molecule is F[B-](F)(F)F.[CH2]=[U](=[CH2])(=[CH2])=[CH2]. The van der Waals surface area contributed by atoms with Crippen molar-refractivity contribution in [1.29, 1.82) is 0 Å². The van der Waals surface area contributed by atoms with Crippen LogP contribution in [0.2, 0.25) is 0 Å². The predicted octanol–water partition coefficient (Wildman–Crippen LogP) is 1.17. The van der Waals surface area contributed by atoms with E-state index in [4.69, 9.17) is 0 Å². The van der Waals surface area contributed by atoms with Crippen molar-refractivity contribution in [3.05, 3.63) is 0 Å². The van der Waals surface area contributed by atoms with Gasteiger partial charge in [-0.25, -0.2) is 0 Å². The fraction of sp³-hybridized carbons (Fsp3) is 0. The van der Waals surface area contributed by atoms with E-state index in [1.54, 1.807) is 0 Å². The van der Waals surface area contributed by atoms with Gasteiger partial charge < -0.3 is 17.3 Å². The van der Waals surface area contributed by atoms with Gasteiger partial charge in [0.1, 0.15) is 0 Å². The molecule has 0 nitrogen and oxygen atoms in total. The van der Waals surface area contributed by atoms with Crippen molar-refractivity contribution in [2.45, 2.75) is 0 Å². The Hall–Kier alpha value is 0.317. The summed E-state index contributed by atoms with van der Waals surface area (Å²) in [7, 11) is -6.00. The van der Waals surface area contributed by atoms with Gasteiger partial charge in [0, 0.05) is 0 Å². The molecule has 0 heterocycles. The maximum atomic E-state index is 9.75. The van der Waals surface area contributed by atoms with Crippen LogP contribution in [0, 0.1) is 22.3 Å². The van der Waals surface area contributed by atoms with Crippen molar-refractivity contribution in [1.82, 2.24) is 0 Å². The van der Waals surface area contributed by atoms with Gasteiger partial charge in [-0.3, -0.25) is 0 Å². The summed E-state index contributed by atoms with van der Waals surface area (Å²) in [5.74, 6) is 0. The minimum absolute atomic E-state index is 2.34. The molecule has 0 amide bonds. The van der Waals surface area contributed by atoms with Gasteiger partial charge in [-0.2, -0.15) is 0 Å². The number of halogens is 4. The number of rotatable bonds is 0. The van der Waals surface area contributed by atoms with E-state index in [9.17, 15) is 17.3 Å². The molecule has 0 aromatic carbocycles. The average Bonchev–Trinajstić information content (AvgIpc) is 1.12. The number of hydrogen-bond donors (Lipinski definition) is 0. The summed E-state index contributed by atoms with van der Waals surface area (Å²) in [4.78, 5) is 0. The molecular weight excluding hydrogens is 373 g/mol. The summed E-state index contributed by atoms with van der Waals surface area (Å²) in [6.07, 6.45) is 0. The first-order valence-corrected chi connectivity index (χ1v) is 14.1. The zero-order valence-corrected chi connectivity index (χ0v) is 9.58. The predicted molar refractivity (Wildman–Crippen MR) is 38.7 cm³/mol. The second-order valence-electron chi connectivity index (χ2n) is 1.99. The summed E-state index contributed by atoms with van der Waals surface area (Å²) in [5.41, 5.74) is 0. The molecule has 0 aromatic heterocycles. The Balaban J connectivity index is 0. The second kappa shape index (κ2) is 4.25. The Morgan fingerprint density at radius 1 is 0.800 bits per heavy atom. The van der Waals surface area contributed by atoms with Crippen LogP contribution < -0.4 is 0 Å². The van der Waals surface area contributed by atoms with Crippen molar-refractivity contribution < 1.29 is 39.6 Å². The van der Waals surface area contributed by atoms with Gasteiger partial charge in [-0.15, -0.1) is 0 Å². The van der Waals surface area contributed by atoms with Crippen LogP contribution in [-0.2, 0) is 0 Å². The molecule has 0 unspecified atom stereocenters. The van der Waals surface area contributed by atoms with Crippen LogP contribution in [0.5, 0.6) is 0 Å². The normalized spacial score (nSPS) is 11.6. The first-order valence-electron chi connectivity index (χ1n) is 2.29. The Labute approximate surface area is 60.9 Å².